The van der Waals surface area contributed by atoms with Crippen molar-refractivity contribution >= 4 is 5.96 Å². The molecule has 0 atom stereocenters. The SMILES string of the molecule is CN=C(NCc1ncccc1C)N(C)Cc1cccn1C. The molecule has 2 heterocycles. The molecule has 0 aliphatic rings. The lowest BCUT2D eigenvalue weighted by Gasteiger charge is -2.22. The summed E-state index contributed by atoms with van der Waals surface area (Å²) in [6.07, 6.45) is 3.87. The molecule has 0 saturated heterocycles. The smallest absolute Gasteiger partial charge is 0.194 e. The molecule has 1 N–H and O–H groups in total. The summed E-state index contributed by atoms with van der Waals surface area (Å²) in [6.45, 7) is 3.56. The van der Waals surface area contributed by atoms with Crippen LogP contribution in [0.25, 0.3) is 0 Å². The van der Waals surface area contributed by atoms with Gasteiger partial charge in [-0.3, -0.25) is 9.98 Å². The van der Waals surface area contributed by atoms with Crippen molar-refractivity contribution in [2.75, 3.05) is 14.1 Å². The van der Waals surface area contributed by atoms with Crippen LogP contribution < -0.4 is 5.32 Å². The number of aromatic nitrogens is 2. The molecule has 2 aromatic rings. The molecule has 2 rings (SSSR count). The number of nitrogens with one attached hydrogen (secondary N) is 1. The fraction of sp³-hybridized carbons (Fsp3) is 0.375. The predicted octanol–water partition coefficient (Wildman–Crippen LogP) is 1.94. The van der Waals surface area contributed by atoms with E-state index in [2.05, 4.69) is 63.1 Å². The fourth-order valence-electron chi connectivity index (χ4n) is 2.23. The summed E-state index contributed by atoms with van der Waals surface area (Å²) in [4.78, 5) is 10.8. The highest BCUT2D eigenvalue weighted by Crippen LogP contribution is 2.05. The van der Waals surface area contributed by atoms with E-state index in [1.165, 1.54) is 11.3 Å². The van der Waals surface area contributed by atoms with Gasteiger partial charge in [0.15, 0.2) is 5.96 Å². The third-order valence-corrected chi connectivity index (χ3v) is 3.56. The molecule has 0 amide bonds. The molecule has 0 unspecified atom stereocenters. The first-order valence-corrected chi connectivity index (χ1v) is 7.04. The van der Waals surface area contributed by atoms with Crippen molar-refractivity contribution in [3.05, 3.63) is 53.6 Å². The van der Waals surface area contributed by atoms with E-state index in [0.717, 1.165) is 18.2 Å². The van der Waals surface area contributed by atoms with Crippen LogP contribution in [0.5, 0.6) is 0 Å². The summed E-state index contributed by atoms with van der Waals surface area (Å²) in [5, 5.41) is 3.36. The Labute approximate surface area is 126 Å². The lowest BCUT2D eigenvalue weighted by atomic mass is 10.2. The largest absolute Gasteiger partial charge is 0.353 e. The second-order valence-corrected chi connectivity index (χ2v) is 5.13. The maximum atomic E-state index is 4.39. The van der Waals surface area contributed by atoms with Gasteiger partial charge in [0, 0.05) is 39.2 Å². The first kappa shape index (κ1) is 15.1. The number of rotatable bonds is 4. The normalized spacial score (nSPS) is 11.5. The highest BCUT2D eigenvalue weighted by atomic mass is 15.3. The third-order valence-electron chi connectivity index (χ3n) is 3.56. The summed E-state index contributed by atoms with van der Waals surface area (Å²) >= 11 is 0. The van der Waals surface area contributed by atoms with Gasteiger partial charge in [-0.1, -0.05) is 6.07 Å². The Morgan fingerprint density at radius 1 is 1.38 bits per heavy atom. The van der Waals surface area contributed by atoms with E-state index in [1.54, 1.807) is 7.05 Å². The molecule has 0 fully saturated rings. The monoisotopic (exact) mass is 285 g/mol. The number of pyridine rings is 1. The Kier molecular flexibility index (Phi) is 4.98. The molecular weight excluding hydrogens is 262 g/mol. The number of guanidine groups is 1. The standard InChI is InChI=1S/C16H23N5/c1-13-7-5-9-18-15(13)11-19-16(17-2)21(4)12-14-8-6-10-20(14)3/h5-10H,11-12H2,1-4H3,(H,17,19). The number of aryl methyl sites for hydroxylation is 2. The van der Waals surface area contributed by atoms with E-state index in [9.17, 15) is 0 Å². The molecule has 21 heavy (non-hydrogen) atoms. The lowest BCUT2D eigenvalue weighted by Crippen LogP contribution is -2.38. The minimum absolute atomic E-state index is 0.677. The Morgan fingerprint density at radius 3 is 2.81 bits per heavy atom. The molecule has 0 aliphatic heterocycles. The van der Waals surface area contributed by atoms with Crippen LogP contribution in [0, 0.1) is 6.92 Å². The van der Waals surface area contributed by atoms with Crippen LogP contribution in [-0.4, -0.2) is 34.5 Å². The number of hydrogen-bond acceptors (Lipinski definition) is 2. The highest BCUT2D eigenvalue weighted by molar-refractivity contribution is 5.79. The minimum atomic E-state index is 0.677. The van der Waals surface area contributed by atoms with Crippen molar-refractivity contribution in [1.82, 2.24) is 19.8 Å². The number of hydrogen-bond donors (Lipinski definition) is 1. The second-order valence-electron chi connectivity index (χ2n) is 5.13. The van der Waals surface area contributed by atoms with Gasteiger partial charge in [-0.05, 0) is 30.7 Å². The molecule has 0 saturated carbocycles. The van der Waals surface area contributed by atoms with Crippen LogP contribution in [0.2, 0.25) is 0 Å². The van der Waals surface area contributed by atoms with E-state index in [1.807, 2.05) is 19.3 Å². The second kappa shape index (κ2) is 6.92. The van der Waals surface area contributed by atoms with Crippen molar-refractivity contribution in [2.24, 2.45) is 12.0 Å². The third kappa shape index (κ3) is 3.84. The van der Waals surface area contributed by atoms with Crippen molar-refractivity contribution in [1.29, 1.82) is 0 Å². The molecule has 112 valence electrons. The molecule has 2 aromatic heterocycles. The van der Waals surface area contributed by atoms with Gasteiger partial charge in [-0.25, -0.2) is 0 Å². The summed E-state index contributed by atoms with van der Waals surface area (Å²) in [5.74, 6) is 0.862. The molecule has 0 aromatic carbocycles. The average molecular weight is 285 g/mol. The topological polar surface area (TPSA) is 45.5 Å². The van der Waals surface area contributed by atoms with Crippen LogP contribution in [0.1, 0.15) is 17.0 Å². The number of aliphatic imine (C=N–C) groups is 1. The first-order valence-electron chi connectivity index (χ1n) is 7.04. The zero-order valence-corrected chi connectivity index (χ0v) is 13.2. The van der Waals surface area contributed by atoms with E-state index in [-0.39, 0.29) is 0 Å². The van der Waals surface area contributed by atoms with E-state index in [4.69, 9.17) is 0 Å². The highest BCUT2D eigenvalue weighted by Gasteiger charge is 2.09. The van der Waals surface area contributed by atoms with Gasteiger partial charge < -0.3 is 14.8 Å². The summed E-state index contributed by atoms with van der Waals surface area (Å²) < 4.78 is 2.12. The van der Waals surface area contributed by atoms with E-state index in [0.29, 0.717) is 6.54 Å². The summed E-state index contributed by atoms with van der Waals surface area (Å²) in [5.41, 5.74) is 3.48. The maximum Gasteiger partial charge on any atom is 0.194 e. The zero-order chi connectivity index (χ0) is 15.2. The zero-order valence-electron chi connectivity index (χ0n) is 13.2. The molecular formula is C16H23N5. The maximum absolute atomic E-state index is 4.39. The van der Waals surface area contributed by atoms with Gasteiger partial charge in [0.25, 0.3) is 0 Å². The van der Waals surface area contributed by atoms with E-state index >= 15 is 0 Å². The average Bonchev–Trinajstić information content (AvgIpc) is 2.87. The summed E-state index contributed by atoms with van der Waals surface area (Å²) in [6, 6.07) is 8.19. The Balaban J connectivity index is 1.97. The van der Waals surface area contributed by atoms with Crippen molar-refractivity contribution in [2.45, 2.75) is 20.0 Å². The van der Waals surface area contributed by atoms with Crippen LogP contribution in [0.4, 0.5) is 0 Å². The Hall–Kier alpha value is -2.30. The van der Waals surface area contributed by atoms with Crippen LogP contribution in [0.3, 0.4) is 0 Å². The molecule has 0 spiro atoms. The number of nitrogens with zero attached hydrogens (tertiary/aromatic N) is 4. The Bertz CT molecular complexity index is 615. The minimum Gasteiger partial charge on any atom is -0.353 e. The van der Waals surface area contributed by atoms with Crippen LogP contribution in [0.15, 0.2) is 41.7 Å². The molecule has 0 aliphatic carbocycles. The molecule has 0 bridgehead atoms. The van der Waals surface area contributed by atoms with Crippen molar-refractivity contribution in [3.63, 3.8) is 0 Å². The fourth-order valence-corrected chi connectivity index (χ4v) is 2.23. The van der Waals surface area contributed by atoms with Gasteiger partial charge >= 0.3 is 0 Å². The van der Waals surface area contributed by atoms with Crippen molar-refractivity contribution < 1.29 is 0 Å². The van der Waals surface area contributed by atoms with E-state index < -0.39 is 0 Å². The van der Waals surface area contributed by atoms with Crippen molar-refractivity contribution in [3.8, 4) is 0 Å². The van der Waals surface area contributed by atoms with Gasteiger partial charge in [0.05, 0.1) is 18.8 Å². The molecule has 5 heteroatoms. The van der Waals surface area contributed by atoms with Crippen LogP contribution in [-0.2, 0) is 20.1 Å². The first-order chi connectivity index (χ1) is 10.1. The quantitative estimate of drug-likeness (QED) is 0.690. The predicted molar refractivity (Wildman–Crippen MR) is 86.1 cm³/mol. The van der Waals surface area contributed by atoms with Gasteiger partial charge in [0.1, 0.15) is 0 Å². The molecule has 5 nitrogen and oxygen atoms in total. The summed E-state index contributed by atoms with van der Waals surface area (Å²) in [7, 11) is 5.89. The van der Waals surface area contributed by atoms with Gasteiger partial charge in [0.2, 0.25) is 0 Å². The van der Waals surface area contributed by atoms with Gasteiger partial charge in [-0.2, -0.15) is 0 Å². The van der Waals surface area contributed by atoms with Gasteiger partial charge in [-0.15, -0.1) is 0 Å². The Morgan fingerprint density at radius 2 is 2.19 bits per heavy atom. The molecule has 0 radical (unpaired) electrons. The van der Waals surface area contributed by atoms with Crippen LogP contribution >= 0.6 is 0 Å². The lowest BCUT2D eigenvalue weighted by molar-refractivity contribution is 0.461.